The lowest BCUT2D eigenvalue weighted by atomic mass is 9.89. The molecule has 0 spiro atoms. The second-order valence-electron chi connectivity index (χ2n) is 8.56. The van der Waals surface area contributed by atoms with E-state index in [1.54, 1.807) is 36.1 Å². The predicted octanol–water partition coefficient (Wildman–Crippen LogP) is 4.83. The molecule has 5 nitrogen and oxygen atoms in total. The summed E-state index contributed by atoms with van der Waals surface area (Å²) in [6.45, 7) is 0.252. The minimum atomic E-state index is -5.04. The van der Waals surface area contributed by atoms with Gasteiger partial charge in [-0.1, -0.05) is 12.1 Å². The summed E-state index contributed by atoms with van der Waals surface area (Å²) in [5, 5.41) is 11.0. The summed E-state index contributed by atoms with van der Waals surface area (Å²) in [4.78, 5) is 17.9. The van der Waals surface area contributed by atoms with Crippen LogP contribution in [0.4, 0.5) is 26.3 Å². The highest BCUT2D eigenvalue weighted by Gasteiger charge is 2.40. The predicted molar refractivity (Wildman–Crippen MR) is 113 cm³/mol. The summed E-state index contributed by atoms with van der Waals surface area (Å²) in [6.07, 6.45) is -6.86. The molecular formula is C24H22F6N3O2+. The lowest BCUT2D eigenvalue weighted by Crippen LogP contribution is -2.47. The van der Waals surface area contributed by atoms with Crippen molar-refractivity contribution in [2.45, 2.75) is 43.8 Å². The number of likely N-dealkylation sites (tertiary alicyclic amines) is 1. The van der Waals surface area contributed by atoms with Crippen molar-refractivity contribution in [3.8, 4) is 0 Å². The molecule has 1 saturated heterocycles. The van der Waals surface area contributed by atoms with Crippen LogP contribution in [0.25, 0.3) is 10.9 Å². The molecule has 1 aliphatic rings. The van der Waals surface area contributed by atoms with Crippen molar-refractivity contribution in [2.75, 3.05) is 6.54 Å². The van der Waals surface area contributed by atoms with Crippen molar-refractivity contribution in [1.82, 2.24) is 9.88 Å². The number of benzene rings is 1. The third-order valence-electron chi connectivity index (χ3n) is 6.15. The van der Waals surface area contributed by atoms with Crippen molar-refractivity contribution >= 4 is 16.8 Å². The van der Waals surface area contributed by atoms with Crippen LogP contribution in [0.5, 0.6) is 0 Å². The Hall–Kier alpha value is -3.21. The Kier molecular flexibility index (Phi) is 6.48. The zero-order valence-corrected chi connectivity index (χ0v) is 18.6. The molecule has 1 N–H and O–H groups in total. The van der Waals surface area contributed by atoms with Crippen LogP contribution in [-0.4, -0.2) is 33.5 Å². The van der Waals surface area contributed by atoms with Gasteiger partial charge in [0.25, 0.3) is 5.91 Å². The Labute approximate surface area is 196 Å². The lowest BCUT2D eigenvalue weighted by Gasteiger charge is -2.39. The highest BCUT2D eigenvalue weighted by atomic mass is 19.4. The fourth-order valence-electron chi connectivity index (χ4n) is 4.52. The van der Waals surface area contributed by atoms with Crippen molar-refractivity contribution in [1.29, 1.82) is 0 Å². The van der Waals surface area contributed by atoms with Crippen LogP contribution in [0.15, 0.2) is 48.8 Å². The molecule has 186 valence electrons. The van der Waals surface area contributed by atoms with Gasteiger partial charge < -0.3 is 10.0 Å². The van der Waals surface area contributed by atoms with E-state index in [4.69, 9.17) is 0 Å². The SMILES string of the molecule is C[n+]1cccc(C(=O)N2CCCCC2[C@@H](O)c2cc(C(F)(F)F)nc3c(C(F)(F)F)cccc23)c1. The van der Waals surface area contributed by atoms with Gasteiger partial charge in [0.1, 0.15) is 24.4 Å². The van der Waals surface area contributed by atoms with Crippen LogP contribution in [0.1, 0.15) is 52.5 Å². The number of alkyl halides is 6. The van der Waals surface area contributed by atoms with E-state index in [0.717, 1.165) is 6.07 Å². The zero-order chi connectivity index (χ0) is 25.5. The Morgan fingerprint density at radius 2 is 1.86 bits per heavy atom. The summed E-state index contributed by atoms with van der Waals surface area (Å²) in [5.74, 6) is -0.421. The molecule has 1 aromatic carbocycles. The molecule has 1 amide bonds. The fraction of sp³-hybridized carbons (Fsp3) is 0.375. The number of fused-ring (bicyclic) bond motifs is 1. The minimum Gasteiger partial charge on any atom is -0.386 e. The molecule has 3 aromatic rings. The molecule has 0 bridgehead atoms. The van der Waals surface area contributed by atoms with E-state index in [0.29, 0.717) is 30.5 Å². The number of para-hydroxylation sites is 1. The highest BCUT2D eigenvalue weighted by molar-refractivity contribution is 5.94. The quantitative estimate of drug-likeness (QED) is 0.416. The van der Waals surface area contributed by atoms with Crippen molar-refractivity contribution in [3.05, 3.63) is 71.2 Å². The van der Waals surface area contributed by atoms with E-state index < -0.39 is 47.2 Å². The first kappa shape index (κ1) is 24.9. The van der Waals surface area contributed by atoms with E-state index in [1.807, 2.05) is 0 Å². The number of rotatable bonds is 3. The number of pyridine rings is 2. The Bertz CT molecular complexity index is 1260. The zero-order valence-electron chi connectivity index (χ0n) is 18.6. The first-order chi connectivity index (χ1) is 16.4. The summed E-state index contributed by atoms with van der Waals surface area (Å²) in [6, 6.07) is 5.80. The summed E-state index contributed by atoms with van der Waals surface area (Å²) in [5.41, 5.74) is -3.80. The van der Waals surface area contributed by atoms with Crippen LogP contribution in [0, 0.1) is 0 Å². The topological polar surface area (TPSA) is 57.3 Å². The number of amides is 1. The van der Waals surface area contributed by atoms with Gasteiger partial charge in [-0.05, 0) is 43.0 Å². The van der Waals surface area contributed by atoms with Gasteiger partial charge in [-0.3, -0.25) is 4.79 Å². The van der Waals surface area contributed by atoms with E-state index >= 15 is 0 Å². The molecule has 1 aliphatic heterocycles. The number of aliphatic hydroxyl groups excluding tert-OH is 1. The van der Waals surface area contributed by atoms with Gasteiger partial charge in [-0.15, -0.1) is 0 Å². The van der Waals surface area contributed by atoms with Gasteiger partial charge in [-0.2, -0.15) is 26.3 Å². The Morgan fingerprint density at radius 1 is 1.11 bits per heavy atom. The number of halogens is 6. The van der Waals surface area contributed by atoms with Crippen LogP contribution in [0.2, 0.25) is 0 Å². The van der Waals surface area contributed by atoms with Crippen LogP contribution >= 0.6 is 0 Å². The first-order valence-electron chi connectivity index (χ1n) is 10.9. The Balaban J connectivity index is 1.84. The van der Waals surface area contributed by atoms with E-state index in [9.17, 15) is 36.2 Å². The van der Waals surface area contributed by atoms with Crippen LogP contribution < -0.4 is 4.57 Å². The third-order valence-corrected chi connectivity index (χ3v) is 6.15. The maximum Gasteiger partial charge on any atom is 0.433 e. The van der Waals surface area contributed by atoms with Gasteiger partial charge in [0, 0.05) is 18.0 Å². The number of hydrogen-bond acceptors (Lipinski definition) is 3. The molecule has 1 fully saturated rings. The number of hydrogen-bond donors (Lipinski definition) is 1. The molecular weight excluding hydrogens is 476 g/mol. The highest BCUT2D eigenvalue weighted by Crippen LogP contribution is 2.41. The maximum absolute atomic E-state index is 13.6. The minimum absolute atomic E-state index is 0.246. The maximum atomic E-state index is 13.6. The number of aryl methyl sites for hydroxylation is 1. The Morgan fingerprint density at radius 3 is 2.51 bits per heavy atom. The third kappa shape index (κ3) is 4.95. The number of aromatic nitrogens is 2. The van der Waals surface area contributed by atoms with Gasteiger partial charge in [0.2, 0.25) is 0 Å². The summed E-state index contributed by atoms with van der Waals surface area (Å²) in [7, 11) is 1.72. The number of piperidine rings is 1. The standard InChI is InChI=1S/C24H22F6N3O2/c1-32-10-5-6-14(13-32)22(35)33-11-3-2-9-18(33)21(34)16-12-19(24(28,29)30)31-20-15(16)7-4-8-17(20)23(25,26)27/h4-8,10,12-13,18,21,34H,2-3,9,11H2,1H3/q+1/t18?,21-/m0/s1. The molecule has 3 heterocycles. The van der Waals surface area contributed by atoms with Crippen molar-refractivity contribution in [3.63, 3.8) is 0 Å². The molecule has 4 rings (SSSR count). The lowest BCUT2D eigenvalue weighted by molar-refractivity contribution is -0.671. The molecule has 11 heteroatoms. The van der Waals surface area contributed by atoms with Gasteiger partial charge in [-0.25, -0.2) is 9.55 Å². The molecule has 0 aliphatic carbocycles. The molecule has 35 heavy (non-hydrogen) atoms. The largest absolute Gasteiger partial charge is 0.433 e. The molecule has 2 aromatic heterocycles. The van der Waals surface area contributed by atoms with Gasteiger partial charge in [0.05, 0.1) is 17.1 Å². The normalized spacial score (nSPS) is 18.1. The van der Waals surface area contributed by atoms with E-state index in [-0.39, 0.29) is 23.9 Å². The van der Waals surface area contributed by atoms with Crippen molar-refractivity contribution < 1.29 is 40.8 Å². The molecule has 0 saturated carbocycles. The summed E-state index contributed by atoms with van der Waals surface area (Å²) >= 11 is 0. The number of carbonyl (C=O) groups is 1. The van der Waals surface area contributed by atoms with Crippen LogP contribution in [-0.2, 0) is 19.4 Å². The van der Waals surface area contributed by atoms with Gasteiger partial charge in [0.15, 0.2) is 12.4 Å². The van der Waals surface area contributed by atoms with E-state index in [2.05, 4.69) is 4.98 Å². The van der Waals surface area contributed by atoms with Crippen LogP contribution in [0.3, 0.4) is 0 Å². The monoisotopic (exact) mass is 498 g/mol. The average molecular weight is 498 g/mol. The number of nitrogens with zero attached hydrogens (tertiary/aromatic N) is 3. The number of aliphatic hydroxyl groups is 1. The molecule has 2 atom stereocenters. The van der Waals surface area contributed by atoms with Gasteiger partial charge >= 0.3 is 12.4 Å². The molecule has 0 radical (unpaired) electrons. The second-order valence-corrected chi connectivity index (χ2v) is 8.56. The fourth-order valence-corrected chi connectivity index (χ4v) is 4.52. The summed E-state index contributed by atoms with van der Waals surface area (Å²) < 4.78 is 83.2. The molecule has 1 unspecified atom stereocenters. The smallest absolute Gasteiger partial charge is 0.386 e. The number of carbonyl (C=O) groups excluding carboxylic acids is 1. The average Bonchev–Trinajstić information content (AvgIpc) is 2.80. The van der Waals surface area contributed by atoms with E-state index in [1.165, 1.54) is 11.0 Å². The van der Waals surface area contributed by atoms with Crippen molar-refractivity contribution in [2.24, 2.45) is 7.05 Å². The first-order valence-corrected chi connectivity index (χ1v) is 10.9. The second kappa shape index (κ2) is 9.10.